The van der Waals surface area contributed by atoms with Gasteiger partial charge >= 0.3 is 11.8 Å². The van der Waals surface area contributed by atoms with Crippen molar-refractivity contribution < 1.29 is 24.1 Å². The molecule has 0 aromatic carbocycles. The molecule has 1 radical (unpaired) electrons. The van der Waals surface area contributed by atoms with Gasteiger partial charge in [0.2, 0.25) is 0 Å². The average Bonchev–Trinajstić information content (AvgIpc) is 2.96. The van der Waals surface area contributed by atoms with Gasteiger partial charge in [0, 0.05) is 18.2 Å². The molecule has 9 nitrogen and oxygen atoms in total. The van der Waals surface area contributed by atoms with Gasteiger partial charge in [0.25, 0.3) is 5.56 Å². The maximum atomic E-state index is 13.7. The van der Waals surface area contributed by atoms with Gasteiger partial charge in [0.05, 0.1) is 12.2 Å². The van der Waals surface area contributed by atoms with E-state index in [9.17, 15) is 19.5 Å². The van der Waals surface area contributed by atoms with E-state index < -0.39 is 59.8 Å². The lowest BCUT2D eigenvalue weighted by atomic mass is 9.72. The number of aromatic nitrogens is 2. The van der Waals surface area contributed by atoms with Crippen molar-refractivity contribution in [2.75, 3.05) is 6.61 Å². The Balaban J connectivity index is 2.77. The van der Waals surface area contributed by atoms with Crippen LogP contribution in [0.4, 0.5) is 4.79 Å². The zero-order chi connectivity index (χ0) is 27.4. The molecule has 10 heteroatoms. The maximum absolute atomic E-state index is 13.7. The van der Waals surface area contributed by atoms with Crippen LogP contribution in [0.2, 0.25) is 13.1 Å². The molecular weight excluding hydrogens is 468 g/mol. The lowest BCUT2D eigenvalue weighted by molar-refractivity contribution is -0.160. The second-order valence-electron chi connectivity index (χ2n) is 12.8. The van der Waals surface area contributed by atoms with Crippen molar-refractivity contribution in [2.45, 2.75) is 117 Å². The molecule has 0 spiro atoms. The van der Waals surface area contributed by atoms with E-state index in [4.69, 9.17) is 14.2 Å². The van der Waals surface area contributed by atoms with Crippen LogP contribution in [0.15, 0.2) is 15.8 Å². The number of ether oxygens (including phenoxy) is 3. The van der Waals surface area contributed by atoms with Gasteiger partial charge < -0.3 is 19.3 Å². The first-order valence-corrected chi connectivity index (χ1v) is 14.5. The van der Waals surface area contributed by atoms with Crippen molar-refractivity contribution in [3.8, 4) is 0 Å². The summed E-state index contributed by atoms with van der Waals surface area (Å²) in [5.41, 5.74) is -4.72. The van der Waals surface area contributed by atoms with Crippen LogP contribution in [0.1, 0.15) is 74.3 Å². The summed E-state index contributed by atoms with van der Waals surface area (Å²) < 4.78 is 19.8. The van der Waals surface area contributed by atoms with Crippen molar-refractivity contribution in [2.24, 2.45) is 5.41 Å². The predicted octanol–water partition coefficient (Wildman–Crippen LogP) is 3.43. The number of aliphatic hydroxyl groups is 1. The molecule has 35 heavy (non-hydrogen) atoms. The van der Waals surface area contributed by atoms with E-state index in [1.165, 1.54) is 17.7 Å². The molecule has 1 N–H and O–H groups in total. The molecule has 1 aliphatic rings. The summed E-state index contributed by atoms with van der Waals surface area (Å²) in [6.45, 7) is 22.1. The van der Waals surface area contributed by atoms with Crippen LogP contribution in [0.25, 0.3) is 0 Å². The van der Waals surface area contributed by atoms with Gasteiger partial charge in [-0.2, -0.15) is 4.57 Å². The van der Waals surface area contributed by atoms with E-state index in [1.54, 1.807) is 20.8 Å². The zero-order valence-electron chi connectivity index (χ0n) is 23.4. The third-order valence-electron chi connectivity index (χ3n) is 6.35. The number of carbonyl (C=O) groups is 1. The quantitative estimate of drug-likeness (QED) is 0.617. The molecule has 3 atom stereocenters. The number of rotatable bonds is 4. The Morgan fingerprint density at radius 1 is 1.11 bits per heavy atom. The van der Waals surface area contributed by atoms with Gasteiger partial charge in [0.15, 0.2) is 0 Å². The first-order valence-electron chi connectivity index (χ1n) is 12.0. The average molecular weight is 512 g/mol. The number of aryl methyl sites for hydroxylation is 1. The summed E-state index contributed by atoms with van der Waals surface area (Å²) in [6, 6.07) is 0. The first-order chi connectivity index (χ1) is 15.6. The molecule has 0 aliphatic carbocycles. The Labute approximate surface area is 210 Å². The van der Waals surface area contributed by atoms with Gasteiger partial charge in [-0.05, 0) is 53.9 Å². The molecular formula is C25H43N2O7Si. The van der Waals surface area contributed by atoms with Crippen LogP contribution in [0.5, 0.6) is 0 Å². The van der Waals surface area contributed by atoms with Crippen LogP contribution >= 0.6 is 0 Å². The Morgan fingerprint density at radius 2 is 1.66 bits per heavy atom. The standard InChI is InChI=1S/C25H43N2O7Si/c1-16-13-26(19(29)27(18(16)28)20(30)34-23(8,9)10)25(35(11)12)15-24(31,21(2,3)4)17(33-25)14-32-22(5,6)7/h13,17,31H,14-15H2,1-12H3/t17-,24+,25+/m1/s1. The molecule has 0 unspecified atom stereocenters. The SMILES string of the molecule is Cc1cn([C@@]2([Si](C)C)C[C@@](O)(C(C)(C)C)[C@@H](COC(C)(C)C)O2)c(=O)n(C(=O)OC(C)(C)C)c1=O. The topological polar surface area (TPSA) is 109 Å². The smallest absolute Gasteiger partial charge is 0.425 e. The number of hydrogen-bond donors (Lipinski definition) is 1. The Bertz CT molecular complexity index is 1070. The molecule has 199 valence electrons. The fourth-order valence-electron chi connectivity index (χ4n) is 4.18. The van der Waals surface area contributed by atoms with E-state index in [0.717, 1.165) is 0 Å². The highest BCUT2D eigenvalue weighted by Gasteiger charge is 2.62. The minimum Gasteiger partial charge on any atom is -0.443 e. The molecule has 2 heterocycles. The Morgan fingerprint density at radius 3 is 2.09 bits per heavy atom. The second-order valence-corrected chi connectivity index (χ2v) is 15.5. The van der Waals surface area contributed by atoms with Crippen LogP contribution in [0.3, 0.4) is 0 Å². The van der Waals surface area contributed by atoms with Crippen molar-refractivity contribution in [1.82, 2.24) is 9.13 Å². The molecule has 1 aromatic heterocycles. The lowest BCUT2D eigenvalue weighted by Gasteiger charge is -2.41. The summed E-state index contributed by atoms with van der Waals surface area (Å²) in [7, 11) is -1.51. The summed E-state index contributed by atoms with van der Waals surface area (Å²) in [5.74, 6) is 0. The highest BCUT2D eigenvalue weighted by atomic mass is 28.3. The molecule has 1 fully saturated rings. The fraction of sp³-hybridized carbons (Fsp3) is 0.800. The monoisotopic (exact) mass is 511 g/mol. The largest absolute Gasteiger partial charge is 0.443 e. The fourth-order valence-corrected chi connectivity index (χ4v) is 5.82. The van der Waals surface area contributed by atoms with E-state index in [1.807, 2.05) is 54.6 Å². The molecule has 1 aliphatic heterocycles. The predicted molar refractivity (Wildman–Crippen MR) is 136 cm³/mol. The van der Waals surface area contributed by atoms with Gasteiger partial charge in [-0.15, -0.1) is 0 Å². The van der Waals surface area contributed by atoms with Gasteiger partial charge in [-0.25, -0.2) is 9.59 Å². The molecule has 0 amide bonds. The number of nitrogens with zero attached hydrogens (tertiary/aromatic N) is 2. The highest BCUT2D eigenvalue weighted by molar-refractivity contribution is 6.58. The normalized spacial score (nSPS) is 25.8. The Hall–Kier alpha value is -1.75. The molecule has 2 rings (SSSR count). The van der Waals surface area contributed by atoms with Crippen molar-refractivity contribution >= 4 is 14.9 Å². The van der Waals surface area contributed by atoms with E-state index in [2.05, 4.69) is 0 Å². The van der Waals surface area contributed by atoms with Crippen LogP contribution in [-0.4, -0.2) is 58.6 Å². The van der Waals surface area contributed by atoms with Crippen molar-refractivity contribution in [3.05, 3.63) is 32.6 Å². The maximum Gasteiger partial charge on any atom is 0.425 e. The lowest BCUT2D eigenvalue weighted by Crippen LogP contribution is -2.57. The van der Waals surface area contributed by atoms with Crippen LogP contribution in [0, 0.1) is 12.3 Å². The third-order valence-corrected chi connectivity index (χ3v) is 8.45. The molecule has 0 bridgehead atoms. The molecule has 1 saturated heterocycles. The van der Waals surface area contributed by atoms with Gasteiger partial charge in [0.1, 0.15) is 31.5 Å². The zero-order valence-corrected chi connectivity index (χ0v) is 24.4. The van der Waals surface area contributed by atoms with E-state index in [0.29, 0.717) is 4.57 Å². The van der Waals surface area contributed by atoms with Crippen LogP contribution in [-0.2, 0) is 19.6 Å². The first kappa shape index (κ1) is 29.5. The minimum atomic E-state index is -1.51. The Kier molecular flexibility index (Phi) is 7.82. The van der Waals surface area contributed by atoms with E-state index >= 15 is 0 Å². The number of carbonyl (C=O) groups excluding carboxylic acids is 1. The van der Waals surface area contributed by atoms with E-state index in [-0.39, 0.29) is 18.6 Å². The second kappa shape index (κ2) is 9.28. The number of hydrogen-bond acceptors (Lipinski definition) is 7. The van der Waals surface area contributed by atoms with Crippen molar-refractivity contribution in [1.29, 1.82) is 0 Å². The van der Waals surface area contributed by atoms with Gasteiger partial charge in [-0.3, -0.25) is 9.36 Å². The molecule has 0 saturated carbocycles. The minimum absolute atomic E-state index is 0.106. The highest BCUT2D eigenvalue weighted by Crippen LogP contribution is 2.51. The summed E-state index contributed by atoms with van der Waals surface area (Å²) in [5, 5.41) is 10.8. The van der Waals surface area contributed by atoms with Crippen LogP contribution < -0.4 is 11.2 Å². The van der Waals surface area contributed by atoms with Gasteiger partial charge in [-0.1, -0.05) is 33.9 Å². The third kappa shape index (κ3) is 5.81. The summed E-state index contributed by atoms with van der Waals surface area (Å²) in [6.07, 6.45) is -0.248. The van der Waals surface area contributed by atoms with Crippen molar-refractivity contribution in [3.63, 3.8) is 0 Å². The molecule has 1 aromatic rings. The summed E-state index contributed by atoms with van der Waals surface area (Å²) >= 11 is 0. The summed E-state index contributed by atoms with van der Waals surface area (Å²) in [4.78, 5) is 39.5.